The fourth-order valence-electron chi connectivity index (χ4n) is 2.00. The Bertz CT molecular complexity index is 855. The highest BCUT2D eigenvalue weighted by molar-refractivity contribution is 7.92. The number of amides is 1. The number of hydrazine groups is 1. The lowest BCUT2D eigenvalue weighted by Gasteiger charge is -2.25. The molecular formula is C15H15Cl2N3O3S. The van der Waals surface area contributed by atoms with Crippen LogP contribution in [0.5, 0.6) is 0 Å². The Kier molecular flexibility index (Phi) is 5.71. The molecule has 0 aliphatic rings. The van der Waals surface area contributed by atoms with Gasteiger partial charge in [-0.25, -0.2) is 14.3 Å². The summed E-state index contributed by atoms with van der Waals surface area (Å²) in [6.07, 6.45) is 0. The quantitative estimate of drug-likeness (QED) is 0.468. The standard InChI is InChI=1S/C15H15Cl2N3O3S/c1-10-5-7-11(8-6-10)24(22,23)20(9-14(21)19-18)13-4-2-3-12(16)15(13)17/h2-8H,9,18H2,1H3,(H,19,21). The zero-order chi connectivity index (χ0) is 17.9. The molecule has 3 N–H and O–H groups in total. The van der Waals surface area contributed by atoms with Gasteiger partial charge in [0.25, 0.3) is 15.9 Å². The van der Waals surface area contributed by atoms with Crippen LogP contribution >= 0.6 is 23.2 Å². The number of hydrogen-bond acceptors (Lipinski definition) is 4. The van der Waals surface area contributed by atoms with Crippen molar-refractivity contribution in [2.45, 2.75) is 11.8 Å². The molecule has 0 unspecified atom stereocenters. The van der Waals surface area contributed by atoms with E-state index in [2.05, 4.69) is 0 Å². The van der Waals surface area contributed by atoms with Crippen LogP contribution in [-0.2, 0) is 14.8 Å². The SMILES string of the molecule is Cc1ccc(S(=O)(=O)N(CC(=O)NN)c2cccc(Cl)c2Cl)cc1. The van der Waals surface area contributed by atoms with Gasteiger partial charge in [-0.3, -0.25) is 14.5 Å². The van der Waals surface area contributed by atoms with E-state index in [4.69, 9.17) is 29.0 Å². The first-order valence-corrected chi connectivity index (χ1v) is 9.00. The minimum atomic E-state index is -4.04. The Labute approximate surface area is 150 Å². The fraction of sp³-hybridized carbons (Fsp3) is 0.133. The number of carbonyl (C=O) groups excluding carboxylic acids is 1. The van der Waals surface area contributed by atoms with Crippen molar-refractivity contribution >= 4 is 44.8 Å². The number of hydrogen-bond donors (Lipinski definition) is 2. The van der Waals surface area contributed by atoms with Crippen molar-refractivity contribution < 1.29 is 13.2 Å². The van der Waals surface area contributed by atoms with E-state index in [0.717, 1.165) is 9.87 Å². The van der Waals surface area contributed by atoms with Gasteiger partial charge in [-0.15, -0.1) is 0 Å². The number of nitrogens with one attached hydrogen (secondary N) is 1. The maximum atomic E-state index is 13.0. The summed E-state index contributed by atoms with van der Waals surface area (Å²) in [4.78, 5) is 11.7. The first-order chi connectivity index (χ1) is 11.3. The molecular weight excluding hydrogens is 373 g/mol. The lowest BCUT2D eigenvalue weighted by molar-refractivity contribution is -0.119. The van der Waals surface area contributed by atoms with Crippen LogP contribution in [0.3, 0.4) is 0 Å². The Morgan fingerprint density at radius 2 is 1.79 bits per heavy atom. The first-order valence-electron chi connectivity index (χ1n) is 6.80. The molecule has 0 aliphatic heterocycles. The van der Waals surface area contributed by atoms with Crippen LogP contribution in [0.2, 0.25) is 10.0 Å². The summed E-state index contributed by atoms with van der Waals surface area (Å²) in [7, 11) is -4.04. The molecule has 2 aromatic rings. The third kappa shape index (κ3) is 3.81. The summed E-state index contributed by atoms with van der Waals surface area (Å²) >= 11 is 12.1. The monoisotopic (exact) mass is 387 g/mol. The van der Waals surface area contributed by atoms with Crippen LogP contribution in [0.15, 0.2) is 47.4 Å². The summed E-state index contributed by atoms with van der Waals surface area (Å²) in [6, 6.07) is 10.8. The van der Waals surface area contributed by atoms with Gasteiger partial charge in [-0.2, -0.15) is 0 Å². The van der Waals surface area contributed by atoms with Crippen molar-refractivity contribution in [2.75, 3.05) is 10.8 Å². The average molecular weight is 388 g/mol. The highest BCUT2D eigenvalue weighted by atomic mass is 35.5. The van der Waals surface area contributed by atoms with Crippen LogP contribution in [0.4, 0.5) is 5.69 Å². The predicted octanol–water partition coefficient (Wildman–Crippen LogP) is 2.49. The van der Waals surface area contributed by atoms with Crippen molar-refractivity contribution in [1.82, 2.24) is 5.43 Å². The Morgan fingerprint density at radius 1 is 1.17 bits per heavy atom. The molecule has 0 fully saturated rings. The normalized spacial score (nSPS) is 11.2. The lowest BCUT2D eigenvalue weighted by atomic mass is 10.2. The van der Waals surface area contributed by atoms with Crippen LogP contribution in [0.25, 0.3) is 0 Å². The molecule has 0 saturated heterocycles. The van der Waals surface area contributed by atoms with Crippen LogP contribution in [0, 0.1) is 6.92 Å². The van der Waals surface area contributed by atoms with Crippen LogP contribution < -0.4 is 15.6 Å². The van der Waals surface area contributed by atoms with Crippen molar-refractivity contribution in [3.63, 3.8) is 0 Å². The lowest BCUT2D eigenvalue weighted by Crippen LogP contribution is -2.43. The molecule has 2 rings (SSSR count). The number of benzene rings is 2. The van der Waals surface area contributed by atoms with E-state index < -0.39 is 22.5 Å². The molecule has 9 heteroatoms. The molecule has 0 spiro atoms. The second-order valence-electron chi connectivity index (χ2n) is 4.97. The predicted molar refractivity (Wildman–Crippen MR) is 94.5 cm³/mol. The van der Waals surface area contributed by atoms with Gasteiger partial charge < -0.3 is 0 Å². The molecule has 0 aliphatic carbocycles. The molecule has 0 bridgehead atoms. The fourth-order valence-corrected chi connectivity index (χ4v) is 3.88. The third-order valence-corrected chi connectivity index (χ3v) is 5.84. The van der Waals surface area contributed by atoms with E-state index in [-0.39, 0.29) is 20.6 Å². The molecule has 0 atom stereocenters. The number of aryl methyl sites for hydroxylation is 1. The molecule has 0 heterocycles. The molecule has 1 amide bonds. The topological polar surface area (TPSA) is 92.5 Å². The van der Waals surface area contributed by atoms with Crippen LogP contribution in [0.1, 0.15) is 5.56 Å². The molecule has 6 nitrogen and oxygen atoms in total. The summed E-state index contributed by atoms with van der Waals surface area (Å²) in [5.41, 5.74) is 2.91. The maximum Gasteiger partial charge on any atom is 0.264 e. The minimum Gasteiger partial charge on any atom is -0.293 e. The van der Waals surface area contributed by atoms with E-state index in [1.54, 1.807) is 18.2 Å². The molecule has 2 aromatic carbocycles. The molecule has 0 radical (unpaired) electrons. The second kappa shape index (κ2) is 7.40. The van der Waals surface area contributed by atoms with Gasteiger partial charge in [-0.05, 0) is 31.2 Å². The second-order valence-corrected chi connectivity index (χ2v) is 7.61. The summed E-state index contributed by atoms with van der Waals surface area (Å²) < 4.78 is 26.8. The zero-order valence-electron chi connectivity index (χ0n) is 12.7. The van der Waals surface area contributed by atoms with Gasteiger partial charge in [0, 0.05) is 0 Å². The number of sulfonamides is 1. The van der Waals surface area contributed by atoms with E-state index in [9.17, 15) is 13.2 Å². The number of anilines is 1. The highest BCUT2D eigenvalue weighted by Gasteiger charge is 2.29. The average Bonchev–Trinajstić information content (AvgIpc) is 2.55. The Balaban J connectivity index is 2.59. The van der Waals surface area contributed by atoms with E-state index in [0.29, 0.717) is 0 Å². The molecule has 128 valence electrons. The molecule has 24 heavy (non-hydrogen) atoms. The van der Waals surface area contributed by atoms with Gasteiger partial charge in [0.1, 0.15) is 6.54 Å². The van der Waals surface area contributed by atoms with Gasteiger partial charge >= 0.3 is 0 Å². The minimum absolute atomic E-state index is 0.0222. The first kappa shape index (κ1) is 18.5. The van der Waals surface area contributed by atoms with E-state index in [1.807, 2.05) is 12.3 Å². The van der Waals surface area contributed by atoms with Crippen molar-refractivity contribution in [3.05, 3.63) is 58.1 Å². The Morgan fingerprint density at radius 3 is 2.38 bits per heavy atom. The van der Waals surface area contributed by atoms with Crippen LogP contribution in [-0.4, -0.2) is 20.9 Å². The highest BCUT2D eigenvalue weighted by Crippen LogP contribution is 2.35. The largest absolute Gasteiger partial charge is 0.293 e. The van der Waals surface area contributed by atoms with Crippen molar-refractivity contribution in [1.29, 1.82) is 0 Å². The number of nitrogens with two attached hydrogens (primary N) is 1. The number of rotatable bonds is 5. The van der Waals surface area contributed by atoms with Crippen molar-refractivity contribution in [2.24, 2.45) is 5.84 Å². The number of carbonyl (C=O) groups is 1. The van der Waals surface area contributed by atoms with Gasteiger partial charge in [0.15, 0.2) is 0 Å². The molecule has 0 saturated carbocycles. The maximum absolute atomic E-state index is 13.0. The zero-order valence-corrected chi connectivity index (χ0v) is 15.0. The molecule has 0 aromatic heterocycles. The number of nitrogens with zero attached hydrogens (tertiary/aromatic N) is 1. The number of halogens is 2. The van der Waals surface area contributed by atoms with Gasteiger partial charge in [-0.1, -0.05) is 47.0 Å². The summed E-state index contributed by atoms with van der Waals surface area (Å²) in [6.45, 7) is 1.30. The smallest absolute Gasteiger partial charge is 0.264 e. The van der Waals surface area contributed by atoms with Gasteiger partial charge in [0.05, 0.1) is 20.6 Å². The summed E-state index contributed by atoms with van der Waals surface area (Å²) in [5.74, 6) is 4.40. The third-order valence-electron chi connectivity index (χ3n) is 3.26. The van der Waals surface area contributed by atoms with Gasteiger partial charge in [0.2, 0.25) is 0 Å². The van der Waals surface area contributed by atoms with E-state index in [1.165, 1.54) is 24.3 Å². The summed E-state index contributed by atoms with van der Waals surface area (Å²) in [5, 5.41) is 0.200. The van der Waals surface area contributed by atoms with E-state index >= 15 is 0 Å². The Hall–Kier alpha value is -1.80. The van der Waals surface area contributed by atoms with Crippen molar-refractivity contribution in [3.8, 4) is 0 Å².